The lowest BCUT2D eigenvalue weighted by Crippen LogP contribution is -2.24. The van der Waals surface area contributed by atoms with Gasteiger partial charge in [-0.05, 0) is 6.92 Å². The molecular formula is C11H14N4O. The van der Waals surface area contributed by atoms with Gasteiger partial charge in [-0.1, -0.05) is 0 Å². The fourth-order valence-corrected chi connectivity index (χ4v) is 2.16. The Labute approximate surface area is 93.5 Å². The molecular weight excluding hydrogens is 204 g/mol. The van der Waals surface area contributed by atoms with Crippen molar-refractivity contribution in [2.45, 2.75) is 19.9 Å². The molecule has 0 atom stereocenters. The van der Waals surface area contributed by atoms with Gasteiger partial charge in [0.25, 0.3) is 0 Å². The number of hydrogen-bond acceptors (Lipinski definition) is 4. The first-order chi connectivity index (χ1) is 7.75. The Balaban J connectivity index is 2.14. The Hall–Kier alpha value is -1.62. The summed E-state index contributed by atoms with van der Waals surface area (Å²) in [6.07, 6.45) is 2.74. The molecule has 0 amide bonds. The molecule has 1 aliphatic rings. The third-order valence-electron chi connectivity index (χ3n) is 2.94. The predicted molar refractivity (Wildman–Crippen MR) is 58.9 cm³/mol. The lowest BCUT2D eigenvalue weighted by atomic mass is 10.1. The molecule has 16 heavy (non-hydrogen) atoms. The van der Waals surface area contributed by atoms with E-state index in [1.54, 1.807) is 6.20 Å². The summed E-state index contributed by atoms with van der Waals surface area (Å²) in [4.78, 5) is 4.24. The second-order valence-electron chi connectivity index (χ2n) is 4.10. The zero-order valence-corrected chi connectivity index (χ0v) is 9.45. The summed E-state index contributed by atoms with van der Waals surface area (Å²) in [6.45, 7) is 3.75. The maximum Gasteiger partial charge on any atom is 0.247 e. The van der Waals surface area contributed by atoms with Crippen molar-refractivity contribution in [2.24, 2.45) is 7.05 Å². The van der Waals surface area contributed by atoms with Crippen LogP contribution >= 0.6 is 0 Å². The molecule has 5 heteroatoms. The molecule has 0 saturated carbocycles. The van der Waals surface area contributed by atoms with Gasteiger partial charge in [0.15, 0.2) is 5.69 Å². The van der Waals surface area contributed by atoms with Gasteiger partial charge in [-0.3, -0.25) is 4.68 Å². The highest BCUT2D eigenvalue weighted by atomic mass is 16.4. The van der Waals surface area contributed by atoms with Crippen LogP contribution in [0.15, 0.2) is 10.6 Å². The highest BCUT2D eigenvalue weighted by molar-refractivity contribution is 5.55. The molecule has 0 radical (unpaired) electrons. The van der Waals surface area contributed by atoms with E-state index in [-0.39, 0.29) is 0 Å². The average Bonchev–Trinajstić information content (AvgIpc) is 2.84. The molecule has 0 unspecified atom stereocenters. The Bertz CT molecular complexity index is 526. The van der Waals surface area contributed by atoms with Crippen molar-refractivity contribution >= 4 is 0 Å². The fourth-order valence-electron chi connectivity index (χ4n) is 2.16. The van der Waals surface area contributed by atoms with Crippen LogP contribution in [0.2, 0.25) is 0 Å². The van der Waals surface area contributed by atoms with Gasteiger partial charge in [0.05, 0.1) is 6.20 Å². The molecule has 1 aliphatic heterocycles. The largest absolute Gasteiger partial charge is 0.440 e. The summed E-state index contributed by atoms with van der Waals surface area (Å²) in [5, 5.41) is 7.84. The Morgan fingerprint density at radius 1 is 1.50 bits per heavy atom. The van der Waals surface area contributed by atoms with Crippen LogP contribution < -0.4 is 5.32 Å². The minimum Gasteiger partial charge on any atom is -0.440 e. The van der Waals surface area contributed by atoms with Crippen LogP contribution in [0, 0.1) is 6.92 Å². The summed E-state index contributed by atoms with van der Waals surface area (Å²) < 4.78 is 7.47. The summed E-state index contributed by atoms with van der Waals surface area (Å²) >= 11 is 0. The quantitative estimate of drug-likeness (QED) is 0.776. The first-order valence-electron chi connectivity index (χ1n) is 5.44. The van der Waals surface area contributed by atoms with E-state index in [2.05, 4.69) is 15.4 Å². The molecule has 84 valence electrons. The van der Waals surface area contributed by atoms with E-state index in [0.717, 1.165) is 31.0 Å². The molecule has 0 spiro atoms. The summed E-state index contributed by atoms with van der Waals surface area (Å²) in [5.74, 6) is 1.44. The van der Waals surface area contributed by atoms with Crippen molar-refractivity contribution in [3.05, 3.63) is 23.2 Å². The van der Waals surface area contributed by atoms with Crippen LogP contribution in [-0.2, 0) is 20.0 Å². The van der Waals surface area contributed by atoms with Crippen LogP contribution in [0.3, 0.4) is 0 Å². The molecule has 3 heterocycles. The van der Waals surface area contributed by atoms with E-state index in [1.807, 2.05) is 18.7 Å². The van der Waals surface area contributed by atoms with Crippen LogP contribution in [0.1, 0.15) is 17.0 Å². The highest BCUT2D eigenvalue weighted by Crippen LogP contribution is 2.26. The van der Waals surface area contributed by atoms with E-state index in [1.165, 1.54) is 11.3 Å². The minimum absolute atomic E-state index is 0.623. The summed E-state index contributed by atoms with van der Waals surface area (Å²) in [7, 11) is 1.98. The van der Waals surface area contributed by atoms with E-state index in [4.69, 9.17) is 4.42 Å². The molecule has 2 aromatic rings. The number of aromatic nitrogens is 3. The number of aryl methyl sites for hydroxylation is 2. The van der Waals surface area contributed by atoms with Gasteiger partial charge < -0.3 is 9.73 Å². The zero-order chi connectivity index (χ0) is 11.1. The van der Waals surface area contributed by atoms with Crippen molar-refractivity contribution in [1.82, 2.24) is 20.1 Å². The number of rotatable bonds is 1. The molecule has 5 nitrogen and oxygen atoms in total. The molecule has 0 saturated heterocycles. The lowest BCUT2D eigenvalue weighted by Gasteiger charge is -2.13. The van der Waals surface area contributed by atoms with E-state index in [0.29, 0.717) is 5.89 Å². The van der Waals surface area contributed by atoms with Gasteiger partial charge >= 0.3 is 0 Å². The number of fused-ring (bicyclic) bond motifs is 1. The van der Waals surface area contributed by atoms with E-state index in [9.17, 15) is 0 Å². The third-order valence-corrected chi connectivity index (χ3v) is 2.94. The summed E-state index contributed by atoms with van der Waals surface area (Å²) in [6, 6.07) is 0. The zero-order valence-electron chi connectivity index (χ0n) is 9.45. The standard InChI is InChI=1S/C11H14N4O/c1-7-5-13-11(16-7)10-8-6-12-4-3-9(8)15(2)14-10/h5,12H,3-4,6H2,1-2H3. The van der Waals surface area contributed by atoms with Crippen molar-refractivity contribution < 1.29 is 4.42 Å². The Morgan fingerprint density at radius 2 is 2.38 bits per heavy atom. The van der Waals surface area contributed by atoms with E-state index < -0.39 is 0 Å². The molecule has 0 fully saturated rings. The Kier molecular flexibility index (Phi) is 2.07. The predicted octanol–water partition coefficient (Wildman–Crippen LogP) is 1.03. The van der Waals surface area contributed by atoms with Crippen LogP contribution in [0.4, 0.5) is 0 Å². The van der Waals surface area contributed by atoms with E-state index >= 15 is 0 Å². The van der Waals surface area contributed by atoms with Crippen LogP contribution in [0.5, 0.6) is 0 Å². The normalized spacial score (nSPS) is 15.1. The van der Waals surface area contributed by atoms with Crippen molar-refractivity contribution in [1.29, 1.82) is 0 Å². The number of oxazole rings is 1. The Morgan fingerprint density at radius 3 is 3.12 bits per heavy atom. The van der Waals surface area contributed by atoms with Crippen molar-refractivity contribution in [3.63, 3.8) is 0 Å². The topological polar surface area (TPSA) is 55.9 Å². The number of nitrogens with zero attached hydrogens (tertiary/aromatic N) is 3. The van der Waals surface area contributed by atoms with Crippen LogP contribution in [0.25, 0.3) is 11.6 Å². The second kappa shape index (κ2) is 3.45. The van der Waals surface area contributed by atoms with Crippen LogP contribution in [-0.4, -0.2) is 21.3 Å². The number of nitrogens with one attached hydrogen (secondary N) is 1. The monoisotopic (exact) mass is 218 g/mol. The average molecular weight is 218 g/mol. The maximum absolute atomic E-state index is 5.53. The first kappa shape index (κ1) is 9.59. The molecule has 2 aromatic heterocycles. The molecule has 0 aliphatic carbocycles. The summed E-state index contributed by atoms with van der Waals surface area (Å²) in [5.41, 5.74) is 3.37. The maximum atomic E-state index is 5.53. The number of hydrogen-bond donors (Lipinski definition) is 1. The molecule has 3 rings (SSSR count). The van der Waals surface area contributed by atoms with Gasteiger partial charge in [0.1, 0.15) is 5.76 Å². The van der Waals surface area contributed by atoms with Gasteiger partial charge in [-0.25, -0.2) is 4.98 Å². The van der Waals surface area contributed by atoms with Gasteiger partial charge in [-0.2, -0.15) is 5.10 Å². The smallest absolute Gasteiger partial charge is 0.247 e. The van der Waals surface area contributed by atoms with Gasteiger partial charge in [0.2, 0.25) is 5.89 Å². The minimum atomic E-state index is 0.623. The second-order valence-corrected chi connectivity index (χ2v) is 4.10. The van der Waals surface area contributed by atoms with Crippen molar-refractivity contribution in [3.8, 4) is 11.6 Å². The third kappa shape index (κ3) is 1.36. The highest BCUT2D eigenvalue weighted by Gasteiger charge is 2.22. The molecule has 0 aromatic carbocycles. The molecule has 1 N–H and O–H groups in total. The fraction of sp³-hybridized carbons (Fsp3) is 0.455. The molecule has 0 bridgehead atoms. The lowest BCUT2D eigenvalue weighted by molar-refractivity contribution is 0.538. The van der Waals surface area contributed by atoms with Gasteiger partial charge in [-0.15, -0.1) is 0 Å². The first-order valence-corrected chi connectivity index (χ1v) is 5.44. The van der Waals surface area contributed by atoms with Gasteiger partial charge in [0, 0.05) is 37.8 Å². The SMILES string of the molecule is Cc1cnc(-c2nn(C)c3c2CNCC3)o1. The van der Waals surface area contributed by atoms with Crippen molar-refractivity contribution in [2.75, 3.05) is 6.54 Å².